The molecule has 0 fully saturated rings. The van der Waals surface area contributed by atoms with Gasteiger partial charge in [-0.15, -0.1) is 0 Å². The monoisotopic (exact) mass is 276 g/mol. The van der Waals surface area contributed by atoms with Crippen LogP contribution >= 0.6 is 0 Å². The predicted octanol–water partition coefficient (Wildman–Crippen LogP) is 2.69. The lowest BCUT2D eigenvalue weighted by Crippen LogP contribution is -2.43. The fraction of sp³-hybridized carbons (Fsp3) is 0.500. The summed E-state index contributed by atoms with van der Waals surface area (Å²) in [6.07, 6.45) is 1.86. The maximum absolute atomic E-state index is 12.3. The Morgan fingerprint density at radius 1 is 1.00 bits per heavy atom. The number of anilines is 1. The lowest BCUT2D eigenvalue weighted by atomic mass is 10.2. The van der Waals surface area contributed by atoms with Crippen LogP contribution in [0.3, 0.4) is 0 Å². The normalized spacial score (nSPS) is 10.2. The van der Waals surface area contributed by atoms with E-state index >= 15 is 0 Å². The van der Waals surface area contributed by atoms with E-state index in [2.05, 4.69) is 13.8 Å². The average Bonchev–Trinajstić information content (AvgIpc) is 2.45. The zero-order valence-corrected chi connectivity index (χ0v) is 12.6. The Labute approximate surface area is 121 Å². The third-order valence-electron chi connectivity index (χ3n) is 3.08. The fourth-order valence-electron chi connectivity index (χ4n) is 2.13. The van der Waals surface area contributed by atoms with Gasteiger partial charge in [0.2, 0.25) is 11.8 Å². The van der Waals surface area contributed by atoms with Crippen molar-refractivity contribution < 1.29 is 9.59 Å². The van der Waals surface area contributed by atoms with Crippen LogP contribution < -0.4 is 4.90 Å². The van der Waals surface area contributed by atoms with Gasteiger partial charge in [-0.2, -0.15) is 0 Å². The van der Waals surface area contributed by atoms with Crippen molar-refractivity contribution in [3.8, 4) is 0 Å². The van der Waals surface area contributed by atoms with Crippen molar-refractivity contribution in [2.45, 2.75) is 33.6 Å². The summed E-state index contributed by atoms with van der Waals surface area (Å²) in [5.41, 5.74) is 0.765. The van der Waals surface area contributed by atoms with Gasteiger partial charge in [-0.25, -0.2) is 0 Å². The Morgan fingerprint density at radius 3 is 2.00 bits per heavy atom. The van der Waals surface area contributed by atoms with Gasteiger partial charge in [0.25, 0.3) is 0 Å². The number of carbonyl (C=O) groups is 2. The summed E-state index contributed by atoms with van der Waals surface area (Å²) in [6.45, 7) is 7.19. The standard InChI is InChI=1S/C16H24N2O2/c1-4-11-17(12-5-2)16(20)13-18(14(3)19)15-9-7-6-8-10-15/h6-10H,4-5,11-13H2,1-3H3. The van der Waals surface area contributed by atoms with Crippen LogP contribution in [0.1, 0.15) is 33.6 Å². The number of hydrogen-bond acceptors (Lipinski definition) is 2. The zero-order valence-electron chi connectivity index (χ0n) is 12.6. The Bertz CT molecular complexity index is 425. The van der Waals surface area contributed by atoms with Crippen molar-refractivity contribution in [2.75, 3.05) is 24.5 Å². The van der Waals surface area contributed by atoms with Gasteiger partial charge >= 0.3 is 0 Å². The predicted molar refractivity (Wildman–Crippen MR) is 81.6 cm³/mol. The van der Waals surface area contributed by atoms with Crippen molar-refractivity contribution in [1.82, 2.24) is 4.90 Å². The second-order valence-corrected chi connectivity index (χ2v) is 4.82. The van der Waals surface area contributed by atoms with E-state index in [0.717, 1.165) is 31.6 Å². The molecule has 20 heavy (non-hydrogen) atoms. The minimum atomic E-state index is -0.113. The summed E-state index contributed by atoms with van der Waals surface area (Å²) in [7, 11) is 0. The smallest absolute Gasteiger partial charge is 0.242 e. The highest BCUT2D eigenvalue weighted by Crippen LogP contribution is 2.13. The molecule has 0 atom stereocenters. The van der Waals surface area contributed by atoms with E-state index in [1.54, 1.807) is 0 Å². The highest BCUT2D eigenvalue weighted by molar-refractivity contribution is 5.97. The average molecular weight is 276 g/mol. The summed E-state index contributed by atoms with van der Waals surface area (Å²) in [5, 5.41) is 0. The Balaban J connectivity index is 2.80. The van der Waals surface area contributed by atoms with Crippen LogP contribution in [0.4, 0.5) is 5.69 Å². The van der Waals surface area contributed by atoms with Crippen LogP contribution in [-0.4, -0.2) is 36.3 Å². The molecule has 4 nitrogen and oxygen atoms in total. The first-order chi connectivity index (χ1) is 9.60. The number of carbonyl (C=O) groups excluding carboxylic acids is 2. The van der Waals surface area contributed by atoms with Gasteiger partial charge in [-0.3, -0.25) is 9.59 Å². The fourth-order valence-corrected chi connectivity index (χ4v) is 2.13. The topological polar surface area (TPSA) is 40.6 Å². The van der Waals surface area contributed by atoms with Crippen LogP contribution in [-0.2, 0) is 9.59 Å². The lowest BCUT2D eigenvalue weighted by molar-refractivity contribution is -0.131. The molecular weight excluding hydrogens is 252 g/mol. The molecule has 1 aromatic carbocycles. The SMILES string of the molecule is CCCN(CCC)C(=O)CN(C(C)=O)c1ccccc1. The third-order valence-corrected chi connectivity index (χ3v) is 3.08. The second kappa shape index (κ2) is 8.35. The van der Waals surface area contributed by atoms with Gasteiger partial charge in [0, 0.05) is 25.7 Å². The molecule has 1 rings (SSSR count). The molecule has 0 saturated carbocycles. The zero-order chi connectivity index (χ0) is 15.0. The number of rotatable bonds is 7. The first kappa shape index (κ1) is 16.2. The summed E-state index contributed by atoms with van der Waals surface area (Å²) >= 11 is 0. The quantitative estimate of drug-likeness (QED) is 0.768. The Morgan fingerprint density at radius 2 is 1.55 bits per heavy atom. The van der Waals surface area contributed by atoms with E-state index in [9.17, 15) is 9.59 Å². The maximum atomic E-state index is 12.3. The molecular formula is C16H24N2O2. The van der Waals surface area contributed by atoms with Crippen molar-refractivity contribution >= 4 is 17.5 Å². The summed E-state index contributed by atoms with van der Waals surface area (Å²) in [4.78, 5) is 27.5. The molecule has 0 saturated heterocycles. The van der Waals surface area contributed by atoms with Crippen LogP contribution in [0.15, 0.2) is 30.3 Å². The van der Waals surface area contributed by atoms with Crippen LogP contribution in [0.2, 0.25) is 0 Å². The Kier molecular flexibility index (Phi) is 6.77. The molecule has 0 unspecified atom stereocenters. The molecule has 0 aliphatic carbocycles. The van der Waals surface area contributed by atoms with Gasteiger partial charge in [0.15, 0.2) is 0 Å². The molecule has 1 aromatic rings. The van der Waals surface area contributed by atoms with Crippen molar-refractivity contribution in [3.63, 3.8) is 0 Å². The first-order valence-electron chi connectivity index (χ1n) is 7.21. The molecule has 0 spiro atoms. The van der Waals surface area contributed by atoms with Crippen molar-refractivity contribution in [2.24, 2.45) is 0 Å². The minimum absolute atomic E-state index is 0.00718. The van der Waals surface area contributed by atoms with Gasteiger partial charge < -0.3 is 9.80 Å². The van der Waals surface area contributed by atoms with Gasteiger partial charge in [0.1, 0.15) is 6.54 Å². The molecule has 2 amide bonds. The van der Waals surface area contributed by atoms with E-state index < -0.39 is 0 Å². The summed E-state index contributed by atoms with van der Waals surface area (Å²) in [6, 6.07) is 9.32. The molecule has 0 N–H and O–H groups in total. The number of para-hydroxylation sites is 1. The molecule has 0 aliphatic heterocycles. The van der Waals surface area contributed by atoms with Gasteiger partial charge in [-0.05, 0) is 25.0 Å². The molecule has 0 heterocycles. The number of benzene rings is 1. The van der Waals surface area contributed by atoms with E-state index in [0.29, 0.717) is 0 Å². The molecule has 4 heteroatoms. The van der Waals surface area contributed by atoms with E-state index in [1.165, 1.54) is 11.8 Å². The maximum Gasteiger partial charge on any atom is 0.242 e. The molecule has 0 aliphatic rings. The summed E-state index contributed by atoms with van der Waals surface area (Å²) in [5.74, 6) is -0.106. The van der Waals surface area contributed by atoms with Crippen LogP contribution in [0.25, 0.3) is 0 Å². The van der Waals surface area contributed by atoms with E-state index in [4.69, 9.17) is 0 Å². The molecule has 0 aromatic heterocycles. The van der Waals surface area contributed by atoms with Gasteiger partial charge in [-0.1, -0.05) is 32.0 Å². The third kappa shape index (κ3) is 4.68. The first-order valence-corrected chi connectivity index (χ1v) is 7.21. The highest BCUT2D eigenvalue weighted by Gasteiger charge is 2.19. The van der Waals surface area contributed by atoms with Crippen molar-refractivity contribution in [3.05, 3.63) is 30.3 Å². The molecule has 0 radical (unpaired) electrons. The highest BCUT2D eigenvalue weighted by atomic mass is 16.2. The minimum Gasteiger partial charge on any atom is -0.341 e. The summed E-state index contributed by atoms with van der Waals surface area (Å²) < 4.78 is 0. The molecule has 0 bridgehead atoms. The lowest BCUT2D eigenvalue weighted by Gasteiger charge is -2.26. The van der Waals surface area contributed by atoms with E-state index in [1.807, 2.05) is 35.2 Å². The van der Waals surface area contributed by atoms with Gasteiger partial charge in [0.05, 0.1) is 0 Å². The largest absolute Gasteiger partial charge is 0.341 e. The second-order valence-electron chi connectivity index (χ2n) is 4.82. The number of nitrogens with zero attached hydrogens (tertiary/aromatic N) is 2. The molecule has 110 valence electrons. The Hall–Kier alpha value is -1.84. The van der Waals surface area contributed by atoms with Crippen LogP contribution in [0, 0.1) is 0 Å². The number of amides is 2. The van der Waals surface area contributed by atoms with Crippen molar-refractivity contribution in [1.29, 1.82) is 0 Å². The number of hydrogen-bond donors (Lipinski definition) is 0. The van der Waals surface area contributed by atoms with Crippen LogP contribution in [0.5, 0.6) is 0 Å². The van der Waals surface area contributed by atoms with E-state index in [-0.39, 0.29) is 18.4 Å².